The first-order valence-electron chi connectivity index (χ1n) is 11.7. The largest absolute Gasteiger partial charge is 0.370 e. The van der Waals surface area contributed by atoms with E-state index in [2.05, 4.69) is 18.7 Å². The summed E-state index contributed by atoms with van der Waals surface area (Å²) in [7, 11) is 0. The summed E-state index contributed by atoms with van der Waals surface area (Å²) in [6, 6.07) is 0. The molecule has 2 heterocycles. The molecule has 2 saturated heterocycles. The molecule has 0 bridgehead atoms. The average molecular weight is 350 g/mol. The fraction of sp³-hybridized carbons (Fsp3) is 1.00. The van der Waals surface area contributed by atoms with Gasteiger partial charge in [-0.3, -0.25) is 4.90 Å². The Bertz CT molecular complexity index is 380. The molecule has 2 aliphatic heterocycles. The third-order valence-corrected chi connectivity index (χ3v) is 7.63. The maximum absolute atomic E-state index is 6.99. The second-order valence-electron chi connectivity index (χ2n) is 9.16. The first-order valence-corrected chi connectivity index (χ1v) is 11.7. The number of hydrogen-bond acceptors (Lipinski definition) is 2. The van der Waals surface area contributed by atoms with Crippen molar-refractivity contribution in [2.75, 3.05) is 13.1 Å². The van der Waals surface area contributed by atoms with Gasteiger partial charge in [0.25, 0.3) is 0 Å². The van der Waals surface area contributed by atoms with Gasteiger partial charge in [-0.15, -0.1) is 0 Å². The molecule has 0 N–H and O–H groups in total. The smallest absolute Gasteiger partial charge is 0.0882 e. The lowest BCUT2D eigenvalue weighted by molar-refractivity contribution is -0.235. The third kappa shape index (κ3) is 4.10. The molecule has 3 fully saturated rings. The van der Waals surface area contributed by atoms with E-state index in [-0.39, 0.29) is 5.60 Å². The molecule has 0 amide bonds. The lowest BCUT2D eigenvalue weighted by Crippen LogP contribution is -2.73. The van der Waals surface area contributed by atoms with Crippen molar-refractivity contribution in [2.45, 2.75) is 134 Å². The van der Waals surface area contributed by atoms with Gasteiger partial charge in [0.05, 0.1) is 17.2 Å². The lowest BCUT2D eigenvalue weighted by atomic mass is 9.58. The average Bonchev–Trinajstić information content (AvgIpc) is 2.70. The van der Waals surface area contributed by atoms with E-state index in [1.165, 1.54) is 116 Å². The maximum Gasteiger partial charge on any atom is 0.0882 e. The fourth-order valence-corrected chi connectivity index (χ4v) is 5.79. The van der Waals surface area contributed by atoms with Crippen LogP contribution in [0.5, 0.6) is 0 Å². The third-order valence-electron chi connectivity index (χ3n) is 7.63. The van der Waals surface area contributed by atoms with Crippen molar-refractivity contribution in [3.05, 3.63) is 0 Å². The summed E-state index contributed by atoms with van der Waals surface area (Å²) < 4.78 is 6.99. The Hall–Kier alpha value is -0.0800. The van der Waals surface area contributed by atoms with Crippen LogP contribution in [0.15, 0.2) is 0 Å². The number of hydrogen-bond donors (Lipinski definition) is 0. The molecule has 0 aromatic carbocycles. The van der Waals surface area contributed by atoms with Crippen LogP contribution in [-0.4, -0.2) is 35.2 Å². The Morgan fingerprint density at radius 3 is 1.80 bits per heavy atom. The molecule has 1 aliphatic carbocycles. The van der Waals surface area contributed by atoms with Gasteiger partial charge in [0, 0.05) is 13.1 Å². The highest BCUT2D eigenvalue weighted by atomic mass is 16.5. The van der Waals surface area contributed by atoms with Crippen molar-refractivity contribution >= 4 is 0 Å². The molecule has 0 aromatic rings. The molecule has 0 aromatic heterocycles. The van der Waals surface area contributed by atoms with Crippen LogP contribution in [0.1, 0.15) is 117 Å². The zero-order valence-electron chi connectivity index (χ0n) is 17.2. The van der Waals surface area contributed by atoms with E-state index in [0.717, 1.165) is 0 Å². The quantitative estimate of drug-likeness (QED) is 0.333. The Morgan fingerprint density at radius 1 is 0.720 bits per heavy atom. The summed E-state index contributed by atoms with van der Waals surface area (Å²) >= 11 is 0. The Kier molecular flexibility index (Phi) is 7.26. The molecule has 2 heteroatoms. The van der Waals surface area contributed by atoms with Gasteiger partial charge < -0.3 is 4.74 Å². The van der Waals surface area contributed by atoms with Gasteiger partial charge in [-0.1, -0.05) is 78.1 Å². The summed E-state index contributed by atoms with van der Waals surface area (Å²) in [5, 5.41) is 0. The minimum Gasteiger partial charge on any atom is -0.370 e. The van der Waals surface area contributed by atoms with Crippen LogP contribution < -0.4 is 0 Å². The second-order valence-corrected chi connectivity index (χ2v) is 9.16. The van der Waals surface area contributed by atoms with Crippen molar-refractivity contribution in [1.29, 1.82) is 0 Å². The van der Waals surface area contributed by atoms with Crippen LogP contribution in [0.3, 0.4) is 0 Å². The van der Waals surface area contributed by atoms with Crippen LogP contribution in [0.2, 0.25) is 0 Å². The number of rotatable bonds is 14. The molecular weight excluding hydrogens is 306 g/mol. The standard InChI is InChI=1S/C23H43NO/c1-3-5-7-9-11-13-21(14-12-10-8-6-4-2)25-23-16-15-22(23)17-19-24(22)20-18-23/h21H,3-20H2,1-2H3. The van der Waals surface area contributed by atoms with Crippen LogP contribution >= 0.6 is 0 Å². The van der Waals surface area contributed by atoms with Gasteiger partial charge >= 0.3 is 0 Å². The van der Waals surface area contributed by atoms with Crippen molar-refractivity contribution < 1.29 is 4.74 Å². The molecule has 3 rings (SSSR count). The van der Waals surface area contributed by atoms with E-state index in [1.807, 2.05) is 0 Å². The maximum atomic E-state index is 6.99. The second kappa shape index (κ2) is 9.22. The predicted octanol–water partition coefficient (Wildman–Crippen LogP) is 6.47. The number of nitrogens with zero attached hydrogens (tertiary/aromatic N) is 1. The minimum atomic E-state index is 0.267. The molecule has 0 radical (unpaired) electrons. The summed E-state index contributed by atoms with van der Waals surface area (Å²) in [4.78, 5) is 2.75. The lowest BCUT2D eigenvalue weighted by Gasteiger charge is -2.64. The number of ether oxygens (including phenoxy) is 1. The highest BCUT2D eigenvalue weighted by molar-refractivity contribution is 5.25. The zero-order chi connectivity index (χ0) is 17.6. The van der Waals surface area contributed by atoms with Crippen LogP contribution in [-0.2, 0) is 4.74 Å². The Morgan fingerprint density at radius 2 is 1.32 bits per heavy atom. The van der Waals surface area contributed by atoms with E-state index in [0.29, 0.717) is 11.6 Å². The summed E-state index contributed by atoms with van der Waals surface area (Å²) in [6.07, 6.45) is 22.6. The molecule has 3 aliphatic rings. The van der Waals surface area contributed by atoms with Crippen molar-refractivity contribution in [3.63, 3.8) is 0 Å². The Labute approximate surface area is 157 Å². The Balaban J connectivity index is 1.45. The normalized spacial score (nSPS) is 30.8. The van der Waals surface area contributed by atoms with Crippen molar-refractivity contribution in [3.8, 4) is 0 Å². The van der Waals surface area contributed by atoms with E-state index in [1.54, 1.807) is 0 Å². The minimum absolute atomic E-state index is 0.267. The SMILES string of the molecule is CCCCCCCC(CCCCCCC)OC12CCN3CCC31CC2. The van der Waals surface area contributed by atoms with E-state index in [4.69, 9.17) is 4.74 Å². The van der Waals surface area contributed by atoms with Crippen LogP contribution in [0, 0.1) is 0 Å². The topological polar surface area (TPSA) is 12.5 Å². The van der Waals surface area contributed by atoms with Gasteiger partial charge in [0.15, 0.2) is 0 Å². The van der Waals surface area contributed by atoms with Crippen LogP contribution in [0.4, 0.5) is 0 Å². The first kappa shape index (κ1) is 19.7. The molecule has 25 heavy (non-hydrogen) atoms. The molecular formula is C23H43NO. The summed E-state index contributed by atoms with van der Waals surface area (Å²) in [5.74, 6) is 0. The van der Waals surface area contributed by atoms with Gasteiger partial charge in [-0.2, -0.15) is 0 Å². The predicted molar refractivity (Wildman–Crippen MR) is 107 cm³/mol. The number of unbranched alkanes of at least 4 members (excludes halogenated alkanes) is 8. The van der Waals surface area contributed by atoms with E-state index in [9.17, 15) is 0 Å². The van der Waals surface area contributed by atoms with E-state index >= 15 is 0 Å². The first-order chi connectivity index (χ1) is 12.3. The van der Waals surface area contributed by atoms with Crippen molar-refractivity contribution in [1.82, 2.24) is 4.90 Å². The van der Waals surface area contributed by atoms with Gasteiger partial charge in [0.1, 0.15) is 0 Å². The van der Waals surface area contributed by atoms with Crippen LogP contribution in [0.25, 0.3) is 0 Å². The van der Waals surface area contributed by atoms with Gasteiger partial charge in [-0.05, 0) is 38.5 Å². The molecule has 2 nitrogen and oxygen atoms in total. The van der Waals surface area contributed by atoms with Crippen molar-refractivity contribution in [2.24, 2.45) is 0 Å². The van der Waals surface area contributed by atoms with Gasteiger partial charge in [0.2, 0.25) is 0 Å². The molecule has 1 saturated carbocycles. The monoisotopic (exact) mass is 349 g/mol. The molecule has 2 unspecified atom stereocenters. The summed E-state index contributed by atoms with van der Waals surface area (Å²) in [5.41, 5.74) is 0.762. The fourth-order valence-electron chi connectivity index (χ4n) is 5.79. The van der Waals surface area contributed by atoms with Gasteiger partial charge in [-0.25, -0.2) is 0 Å². The highest BCUT2D eigenvalue weighted by Gasteiger charge is 2.70. The molecule has 2 atom stereocenters. The summed E-state index contributed by atoms with van der Waals surface area (Å²) in [6.45, 7) is 7.26. The highest BCUT2D eigenvalue weighted by Crippen LogP contribution is 2.62. The molecule has 1 spiro atoms. The zero-order valence-corrected chi connectivity index (χ0v) is 17.2. The molecule has 146 valence electrons. The van der Waals surface area contributed by atoms with E-state index < -0.39 is 0 Å².